The van der Waals surface area contributed by atoms with E-state index in [9.17, 15) is 4.79 Å². The van der Waals surface area contributed by atoms with Gasteiger partial charge >= 0.3 is 6.03 Å². The molecule has 1 N–H and O–H groups in total. The molecule has 0 aliphatic carbocycles. The maximum absolute atomic E-state index is 11.9. The monoisotopic (exact) mass is 322 g/mol. The zero-order chi connectivity index (χ0) is 13.7. The molecule has 1 aromatic carbocycles. The van der Waals surface area contributed by atoms with Crippen molar-refractivity contribution in [3.8, 4) is 0 Å². The van der Waals surface area contributed by atoms with Crippen molar-refractivity contribution >= 4 is 22.0 Å². The number of carbonyl (C=O) groups is 1. The van der Waals surface area contributed by atoms with Crippen LogP contribution >= 0.6 is 15.9 Å². The second-order valence-electron chi connectivity index (χ2n) is 4.22. The molecule has 0 unspecified atom stereocenters. The highest BCUT2D eigenvalue weighted by atomic mass is 79.9. The highest BCUT2D eigenvalue weighted by Gasteiger charge is 2.09. The fourth-order valence-corrected chi connectivity index (χ4v) is 1.89. The maximum Gasteiger partial charge on any atom is 0.317 e. The minimum Gasteiger partial charge on any atom is -0.467 e. The molecule has 19 heavy (non-hydrogen) atoms. The third-order valence-corrected chi connectivity index (χ3v) is 3.21. The van der Waals surface area contributed by atoms with Crippen LogP contribution in [0, 0.1) is 0 Å². The van der Waals surface area contributed by atoms with Crippen LogP contribution in [0.25, 0.3) is 0 Å². The largest absolute Gasteiger partial charge is 0.467 e. The molecule has 1 heterocycles. The lowest BCUT2D eigenvalue weighted by molar-refractivity contribution is 0.202. The van der Waals surface area contributed by atoms with E-state index in [4.69, 9.17) is 4.42 Å². The lowest BCUT2D eigenvalue weighted by Gasteiger charge is -2.16. The molecule has 0 spiro atoms. The predicted molar refractivity (Wildman–Crippen MR) is 76.6 cm³/mol. The first-order valence-electron chi connectivity index (χ1n) is 5.91. The van der Waals surface area contributed by atoms with Crippen molar-refractivity contribution in [3.05, 3.63) is 58.5 Å². The van der Waals surface area contributed by atoms with E-state index in [1.54, 1.807) is 18.2 Å². The molecule has 2 rings (SSSR count). The van der Waals surface area contributed by atoms with E-state index in [-0.39, 0.29) is 6.03 Å². The molecule has 2 aromatic rings. The van der Waals surface area contributed by atoms with Crippen LogP contribution in [-0.2, 0) is 13.1 Å². The number of nitrogens with zero attached hydrogens (tertiary/aromatic N) is 1. The van der Waals surface area contributed by atoms with Gasteiger partial charge in [-0.2, -0.15) is 0 Å². The lowest BCUT2D eigenvalue weighted by Crippen LogP contribution is -2.36. The van der Waals surface area contributed by atoms with Gasteiger partial charge in [0.25, 0.3) is 0 Å². The van der Waals surface area contributed by atoms with Crippen LogP contribution in [-0.4, -0.2) is 18.0 Å². The van der Waals surface area contributed by atoms with E-state index in [0.29, 0.717) is 13.1 Å². The van der Waals surface area contributed by atoms with E-state index in [2.05, 4.69) is 21.2 Å². The summed E-state index contributed by atoms with van der Waals surface area (Å²) in [4.78, 5) is 13.5. The fraction of sp³-hybridized carbons (Fsp3) is 0.214. The first-order chi connectivity index (χ1) is 9.15. The minimum absolute atomic E-state index is 0.126. The van der Waals surface area contributed by atoms with E-state index in [1.807, 2.05) is 36.4 Å². The summed E-state index contributed by atoms with van der Waals surface area (Å²) in [6.45, 7) is 0.966. The average Bonchev–Trinajstić information content (AvgIpc) is 2.90. The molecule has 5 heteroatoms. The number of furan rings is 1. The molecule has 0 aliphatic rings. The molecule has 2 amide bonds. The summed E-state index contributed by atoms with van der Waals surface area (Å²) < 4.78 is 6.23. The van der Waals surface area contributed by atoms with Gasteiger partial charge in [-0.05, 0) is 29.8 Å². The Kier molecular flexibility index (Phi) is 4.63. The van der Waals surface area contributed by atoms with Gasteiger partial charge in [0.2, 0.25) is 0 Å². The minimum atomic E-state index is -0.126. The molecule has 0 atom stereocenters. The summed E-state index contributed by atoms with van der Waals surface area (Å²) in [5, 5.41) is 2.86. The number of hydrogen-bond acceptors (Lipinski definition) is 2. The Bertz CT molecular complexity index is 523. The van der Waals surface area contributed by atoms with Crippen molar-refractivity contribution in [2.24, 2.45) is 0 Å². The molecule has 0 saturated heterocycles. The number of urea groups is 1. The van der Waals surface area contributed by atoms with Crippen LogP contribution in [0.4, 0.5) is 4.79 Å². The van der Waals surface area contributed by atoms with Crippen LogP contribution in [0.15, 0.2) is 51.6 Å². The molecule has 0 radical (unpaired) electrons. The second kappa shape index (κ2) is 6.43. The van der Waals surface area contributed by atoms with Gasteiger partial charge in [-0.1, -0.05) is 28.1 Å². The van der Waals surface area contributed by atoms with Crippen LogP contribution in [0.1, 0.15) is 11.3 Å². The predicted octanol–water partition coefficient (Wildman–Crippen LogP) is 3.38. The lowest BCUT2D eigenvalue weighted by atomic mass is 10.2. The molecular formula is C14H15BrN2O2. The molecular weight excluding hydrogens is 308 g/mol. The van der Waals surface area contributed by atoms with Crippen molar-refractivity contribution in [2.45, 2.75) is 13.1 Å². The molecule has 0 bridgehead atoms. The van der Waals surface area contributed by atoms with Crippen molar-refractivity contribution in [3.63, 3.8) is 0 Å². The Balaban J connectivity index is 1.82. The van der Waals surface area contributed by atoms with Gasteiger partial charge in [0.1, 0.15) is 5.76 Å². The number of benzene rings is 1. The van der Waals surface area contributed by atoms with E-state index < -0.39 is 0 Å². The van der Waals surface area contributed by atoms with Crippen LogP contribution < -0.4 is 5.32 Å². The average molecular weight is 323 g/mol. The van der Waals surface area contributed by atoms with Gasteiger partial charge in [0.15, 0.2) is 0 Å². The molecule has 100 valence electrons. The molecule has 0 saturated carbocycles. The summed E-state index contributed by atoms with van der Waals surface area (Å²) in [6.07, 6.45) is 1.60. The SMILES string of the molecule is CN(Cc1ccco1)C(=O)NCc1ccc(Br)cc1. The van der Waals surface area contributed by atoms with E-state index in [0.717, 1.165) is 15.8 Å². The van der Waals surface area contributed by atoms with E-state index >= 15 is 0 Å². The third kappa shape index (κ3) is 4.13. The Morgan fingerprint density at radius 2 is 2.05 bits per heavy atom. The third-order valence-electron chi connectivity index (χ3n) is 2.68. The zero-order valence-corrected chi connectivity index (χ0v) is 12.2. The molecule has 0 aliphatic heterocycles. The number of amides is 2. The first-order valence-corrected chi connectivity index (χ1v) is 6.70. The number of carbonyl (C=O) groups excluding carboxylic acids is 1. The van der Waals surface area contributed by atoms with Gasteiger partial charge in [0, 0.05) is 18.1 Å². The summed E-state index contributed by atoms with van der Waals surface area (Å²) >= 11 is 3.38. The smallest absolute Gasteiger partial charge is 0.317 e. The van der Waals surface area contributed by atoms with Gasteiger partial charge in [-0.3, -0.25) is 0 Å². The van der Waals surface area contributed by atoms with Gasteiger partial charge in [-0.15, -0.1) is 0 Å². The number of hydrogen-bond donors (Lipinski definition) is 1. The summed E-state index contributed by atoms with van der Waals surface area (Å²) in [5.74, 6) is 0.765. The van der Waals surface area contributed by atoms with Gasteiger partial charge in [0.05, 0.1) is 12.8 Å². The summed E-state index contributed by atoms with van der Waals surface area (Å²) in [6, 6.07) is 11.4. The summed E-state index contributed by atoms with van der Waals surface area (Å²) in [5.41, 5.74) is 1.06. The van der Waals surface area contributed by atoms with Crippen molar-refractivity contribution in [1.82, 2.24) is 10.2 Å². The Hall–Kier alpha value is -1.75. The zero-order valence-electron chi connectivity index (χ0n) is 10.6. The fourth-order valence-electron chi connectivity index (χ4n) is 1.62. The topological polar surface area (TPSA) is 45.5 Å². The van der Waals surface area contributed by atoms with E-state index in [1.165, 1.54) is 0 Å². The second-order valence-corrected chi connectivity index (χ2v) is 5.14. The highest BCUT2D eigenvalue weighted by molar-refractivity contribution is 9.10. The number of rotatable bonds is 4. The first kappa shape index (κ1) is 13.7. The van der Waals surface area contributed by atoms with Gasteiger partial charge < -0.3 is 14.6 Å². The summed E-state index contributed by atoms with van der Waals surface area (Å²) in [7, 11) is 1.74. The van der Waals surface area contributed by atoms with Crippen LogP contribution in [0.2, 0.25) is 0 Å². The molecule has 0 fully saturated rings. The van der Waals surface area contributed by atoms with Crippen LogP contribution in [0.3, 0.4) is 0 Å². The highest BCUT2D eigenvalue weighted by Crippen LogP contribution is 2.10. The van der Waals surface area contributed by atoms with Crippen molar-refractivity contribution in [1.29, 1.82) is 0 Å². The number of halogens is 1. The van der Waals surface area contributed by atoms with Crippen molar-refractivity contribution in [2.75, 3.05) is 7.05 Å². The quantitative estimate of drug-likeness (QED) is 0.937. The van der Waals surface area contributed by atoms with Crippen LogP contribution in [0.5, 0.6) is 0 Å². The normalized spacial score (nSPS) is 10.2. The van der Waals surface area contributed by atoms with Crippen molar-refractivity contribution < 1.29 is 9.21 Å². The maximum atomic E-state index is 11.9. The Morgan fingerprint density at radius 1 is 1.32 bits per heavy atom. The Labute approximate surface area is 120 Å². The molecule has 1 aromatic heterocycles. The Morgan fingerprint density at radius 3 is 2.68 bits per heavy atom. The van der Waals surface area contributed by atoms with Gasteiger partial charge in [-0.25, -0.2) is 4.79 Å². The standard InChI is InChI=1S/C14H15BrN2O2/c1-17(10-13-3-2-8-19-13)14(18)16-9-11-4-6-12(15)7-5-11/h2-8H,9-10H2,1H3,(H,16,18). The molecule has 4 nitrogen and oxygen atoms in total. The number of nitrogens with one attached hydrogen (secondary N) is 1.